The number of rotatable bonds is 6. The lowest BCUT2D eigenvalue weighted by molar-refractivity contribution is -0.124. The number of hydrogen-bond acceptors (Lipinski definition) is 3. The highest BCUT2D eigenvalue weighted by atomic mass is 35.5. The molecule has 0 heterocycles. The van der Waals surface area contributed by atoms with E-state index in [2.05, 4.69) is 0 Å². The zero-order chi connectivity index (χ0) is 7.82. The molecule has 0 aromatic heterocycles. The third-order valence-electron chi connectivity index (χ3n) is 0.900. The molecule has 0 aromatic carbocycles. The Bertz CT molecular complexity index is 67.6. The zero-order valence-electron chi connectivity index (χ0n) is 6.59. The Hall–Kier alpha value is 0.460. The Labute approximate surface area is 78.6 Å². The molecule has 0 radical (unpaired) electrons. The molecule has 11 heavy (non-hydrogen) atoms. The molecular formula is C6H15Cl2NO2. The van der Waals surface area contributed by atoms with Gasteiger partial charge in [-0.15, -0.1) is 24.0 Å². The Balaban J connectivity index is 0. The smallest absolute Gasteiger partial charge is 0.154 e. The molecule has 0 rings (SSSR count). The minimum absolute atomic E-state index is 0. The van der Waals surface area contributed by atoms with Crippen LogP contribution < -0.4 is 5.73 Å². The maximum atomic E-state index is 5.37. The molecule has 0 aliphatic heterocycles. The monoisotopic (exact) mass is 203 g/mol. The summed E-state index contributed by atoms with van der Waals surface area (Å²) in [5.74, 6) is 0.496. The first kappa shape index (κ1) is 14.0. The van der Waals surface area contributed by atoms with Crippen molar-refractivity contribution in [3.8, 4) is 0 Å². The molecule has 5 heteroatoms. The summed E-state index contributed by atoms with van der Waals surface area (Å²) in [6, 6.07) is 0. The van der Waals surface area contributed by atoms with Gasteiger partial charge in [-0.1, -0.05) is 0 Å². The molecule has 3 nitrogen and oxygen atoms in total. The lowest BCUT2D eigenvalue weighted by Gasteiger charge is -2.11. The van der Waals surface area contributed by atoms with Crippen molar-refractivity contribution in [1.29, 1.82) is 0 Å². The molecule has 0 saturated carbocycles. The van der Waals surface area contributed by atoms with E-state index in [1.807, 2.05) is 6.92 Å². The van der Waals surface area contributed by atoms with Crippen LogP contribution >= 0.6 is 24.0 Å². The molecule has 0 saturated heterocycles. The summed E-state index contributed by atoms with van der Waals surface area (Å²) in [7, 11) is 0. The Kier molecular flexibility index (Phi) is 13.3. The first-order valence-electron chi connectivity index (χ1n) is 3.30. The van der Waals surface area contributed by atoms with Crippen LogP contribution in [0.4, 0.5) is 0 Å². The number of nitrogens with two attached hydrogens (primary N) is 1. The van der Waals surface area contributed by atoms with Gasteiger partial charge in [0.05, 0.1) is 13.2 Å². The number of alkyl halides is 1. The maximum absolute atomic E-state index is 5.37. The topological polar surface area (TPSA) is 44.5 Å². The summed E-state index contributed by atoms with van der Waals surface area (Å²) in [6.07, 6.45) is -0.192. The number of ether oxygens (including phenoxy) is 2. The fourth-order valence-electron chi connectivity index (χ4n) is 0.493. The van der Waals surface area contributed by atoms with Crippen LogP contribution in [0.5, 0.6) is 0 Å². The van der Waals surface area contributed by atoms with E-state index in [1.54, 1.807) is 0 Å². The summed E-state index contributed by atoms with van der Waals surface area (Å²) in [5, 5.41) is 0. The predicted octanol–water partition coefficient (Wildman–Crippen LogP) is 0.985. The highest BCUT2D eigenvalue weighted by Crippen LogP contribution is 1.92. The summed E-state index contributed by atoms with van der Waals surface area (Å²) in [6.45, 7) is 3.40. The third kappa shape index (κ3) is 10.5. The second kappa shape index (κ2) is 10.5. The van der Waals surface area contributed by atoms with Gasteiger partial charge in [0.1, 0.15) is 0 Å². The summed E-state index contributed by atoms with van der Waals surface area (Å²) in [4.78, 5) is 0. The van der Waals surface area contributed by atoms with Crippen LogP contribution in [0.15, 0.2) is 0 Å². The predicted molar refractivity (Wildman–Crippen MR) is 48.4 cm³/mol. The van der Waals surface area contributed by atoms with Gasteiger partial charge < -0.3 is 15.2 Å². The van der Waals surface area contributed by atoms with Crippen LogP contribution in [0, 0.1) is 0 Å². The molecule has 70 valence electrons. The highest BCUT2D eigenvalue weighted by molar-refractivity contribution is 6.17. The SMILES string of the molecule is CC(OCCN)OCCCl.Cl. The van der Waals surface area contributed by atoms with Crippen LogP contribution in [0.3, 0.4) is 0 Å². The molecule has 0 amide bonds. The van der Waals surface area contributed by atoms with Crippen LogP contribution in [0.2, 0.25) is 0 Å². The van der Waals surface area contributed by atoms with Crippen molar-refractivity contribution < 1.29 is 9.47 Å². The van der Waals surface area contributed by atoms with Gasteiger partial charge in [0, 0.05) is 12.4 Å². The van der Waals surface area contributed by atoms with Gasteiger partial charge in [0.15, 0.2) is 6.29 Å². The van der Waals surface area contributed by atoms with Crippen molar-refractivity contribution in [3.05, 3.63) is 0 Å². The van der Waals surface area contributed by atoms with Gasteiger partial charge in [-0.2, -0.15) is 0 Å². The second-order valence-corrected chi connectivity index (χ2v) is 2.16. The summed E-state index contributed by atoms with van der Waals surface area (Å²) >= 11 is 5.37. The molecule has 0 fully saturated rings. The highest BCUT2D eigenvalue weighted by Gasteiger charge is 1.98. The average molecular weight is 204 g/mol. The fourth-order valence-corrected chi connectivity index (χ4v) is 0.582. The first-order chi connectivity index (χ1) is 4.81. The third-order valence-corrected chi connectivity index (χ3v) is 1.05. The first-order valence-corrected chi connectivity index (χ1v) is 3.84. The standard InChI is InChI=1S/C6H14ClNO2.ClH/c1-6(9-4-2-7)10-5-3-8;/h6H,2-5,8H2,1H3;1H. The van der Waals surface area contributed by atoms with Gasteiger partial charge >= 0.3 is 0 Å². The van der Waals surface area contributed by atoms with E-state index in [1.165, 1.54) is 0 Å². The van der Waals surface area contributed by atoms with Crippen LogP contribution in [0.1, 0.15) is 6.92 Å². The van der Waals surface area contributed by atoms with E-state index in [9.17, 15) is 0 Å². The van der Waals surface area contributed by atoms with E-state index in [0.29, 0.717) is 25.6 Å². The molecule has 1 unspecified atom stereocenters. The maximum Gasteiger partial charge on any atom is 0.154 e. The van der Waals surface area contributed by atoms with Gasteiger partial charge in [-0.3, -0.25) is 0 Å². The molecule has 0 bridgehead atoms. The van der Waals surface area contributed by atoms with Gasteiger partial charge in [0.2, 0.25) is 0 Å². The molecule has 0 spiro atoms. The Morgan fingerprint density at radius 2 is 1.91 bits per heavy atom. The van der Waals surface area contributed by atoms with E-state index in [4.69, 9.17) is 26.8 Å². The van der Waals surface area contributed by atoms with Gasteiger partial charge in [-0.25, -0.2) is 0 Å². The molecule has 1 atom stereocenters. The quantitative estimate of drug-likeness (QED) is 0.518. The fraction of sp³-hybridized carbons (Fsp3) is 1.00. The van der Waals surface area contributed by atoms with Crippen molar-refractivity contribution in [2.75, 3.05) is 25.6 Å². The van der Waals surface area contributed by atoms with E-state index in [0.717, 1.165) is 0 Å². The number of hydrogen-bond donors (Lipinski definition) is 1. The second-order valence-electron chi connectivity index (χ2n) is 1.79. The van der Waals surface area contributed by atoms with Gasteiger partial charge in [-0.05, 0) is 6.92 Å². The van der Waals surface area contributed by atoms with E-state index >= 15 is 0 Å². The van der Waals surface area contributed by atoms with E-state index < -0.39 is 0 Å². The van der Waals surface area contributed by atoms with Crippen molar-refractivity contribution in [2.45, 2.75) is 13.2 Å². The lowest BCUT2D eigenvalue weighted by atomic mass is 10.7. The largest absolute Gasteiger partial charge is 0.352 e. The molecule has 0 aromatic rings. The molecule has 2 N–H and O–H groups in total. The Morgan fingerprint density at radius 1 is 1.36 bits per heavy atom. The molecular weight excluding hydrogens is 189 g/mol. The normalized spacial score (nSPS) is 12.3. The van der Waals surface area contributed by atoms with Crippen molar-refractivity contribution in [2.24, 2.45) is 5.73 Å². The van der Waals surface area contributed by atoms with Crippen molar-refractivity contribution in [1.82, 2.24) is 0 Å². The summed E-state index contributed by atoms with van der Waals surface area (Å²) in [5.41, 5.74) is 5.20. The van der Waals surface area contributed by atoms with Crippen LogP contribution in [-0.4, -0.2) is 31.9 Å². The molecule has 0 aliphatic rings. The molecule has 0 aliphatic carbocycles. The summed E-state index contributed by atoms with van der Waals surface area (Å²) < 4.78 is 10.2. The van der Waals surface area contributed by atoms with E-state index in [-0.39, 0.29) is 18.7 Å². The lowest BCUT2D eigenvalue weighted by Crippen LogP contribution is -2.18. The van der Waals surface area contributed by atoms with Crippen LogP contribution in [0.25, 0.3) is 0 Å². The minimum atomic E-state index is -0.192. The minimum Gasteiger partial charge on any atom is -0.352 e. The van der Waals surface area contributed by atoms with Crippen molar-refractivity contribution in [3.63, 3.8) is 0 Å². The van der Waals surface area contributed by atoms with Gasteiger partial charge in [0.25, 0.3) is 0 Å². The van der Waals surface area contributed by atoms with Crippen LogP contribution in [-0.2, 0) is 9.47 Å². The van der Waals surface area contributed by atoms with Crippen molar-refractivity contribution >= 4 is 24.0 Å². The zero-order valence-corrected chi connectivity index (χ0v) is 8.16. The Morgan fingerprint density at radius 3 is 2.36 bits per heavy atom. The number of halogens is 2. The average Bonchev–Trinajstić information content (AvgIpc) is 1.97.